The van der Waals surface area contributed by atoms with Gasteiger partial charge >= 0.3 is 0 Å². The zero-order valence-corrected chi connectivity index (χ0v) is 22.5. The van der Waals surface area contributed by atoms with Crippen LogP contribution in [0.5, 0.6) is 5.75 Å². The summed E-state index contributed by atoms with van der Waals surface area (Å²) in [6.45, 7) is 3.70. The van der Waals surface area contributed by atoms with E-state index in [0.717, 1.165) is 47.7 Å². The molecule has 2 heterocycles. The molecule has 1 saturated heterocycles. The Morgan fingerprint density at radius 3 is 2.62 bits per heavy atom. The van der Waals surface area contributed by atoms with E-state index in [2.05, 4.69) is 25.8 Å². The minimum Gasteiger partial charge on any atom is -0.495 e. The number of carbonyl (C=O) groups is 1. The third-order valence-electron chi connectivity index (χ3n) is 7.23. The molecule has 0 spiro atoms. The summed E-state index contributed by atoms with van der Waals surface area (Å²) in [7, 11) is 3.44. The molecule has 5 rings (SSSR count). The number of fused-ring (bicyclic) bond motifs is 1. The molecule has 0 unspecified atom stereocenters. The Labute approximate surface area is 229 Å². The van der Waals surface area contributed by atoms with E-state index < -0.39 is 0 Å². The first-order chi connectivity index (χ1) is 19.1. The molecule has 4 N–H and O–H groups in total. The van der Waals surface area contributed by atoms with Crippen molar-refractivity contribution in [3.8, 4) is 5.75 Å². The molecule has 1 fully saturated rings. The van der Waals surface area contributed by atoms with E-state index in [1.165, 1.54) is 12.8 Å². The Kier molecular flexibility index (Phi) is 8.17. The molecule has 3 aromatic rings. The monoisotopic (exact) mass is 525 g/mol. The van der Waals surface area contributed by atoms with E-state index in [1.807, 2.05) is 43.6 Å². The average molecular weight is 526 g/mol. The molecule has 9 heteroatoms. The maximum Gasteiger partial charge on any atom is 0.251 e. The summed E-state index contributed by atoms with van der Waals surface area (Å²) in [5, 5.41) is 18.3. The van der Waals surface area contributed by atoms with Crippen LogP contribution in [0.25, 0.3) is 11.3 Å². The van der Waals surface area contributed by atoms with Gasteiger partial charge in [0.25, 0.3) is 5.91 Å². The molecule has 1 aromatic heterocycles. The summed E-state index contributed by atoms with van der Waals surface area (Å²) in [4.78, 5) is 24.5. The van der Waals surface area contributed by atoms with Gasteiger partial charge in [-0.3, -0.25) is 4.79 Å². The van der Waals surface area contributed by atoms with Crippen LogP contribution >= 0.6 is 0 Å². The number of anilines is 2. The number of allylic oxidation sites excluding steroid dienone is 1. The maximum absolute atomic E-state index is 12.7. The smallest absolute Gasteiger partial charge is 0.251 e. The van der Waals surface area contributed by atoms with Crippen LogP contribution in [-0.2, 0) is 6.42 Å². The van der Waals surface area contributed by atoms with Crippen LogP contribution in [0.3, 0.4) is 0 Å². The molecule has 9 nitrogen and oxygen atoms in total. The molecule has 1 amide bonds. The molecule has 2 aromatic carbocycles. The van der Waals surface area contributed by atoms with Crippen LogP contribution in [-0.4, -0.2) is 66.8 Å². The van der Waals surface area contributed by atoms with Crippen molar-refractivity contribution >= 4 is 34.5 Å². The number of nitrogens with one attached hydrogen (secondary N) is 4. The lowest BCUT2D eigenvalue weighted by Crippen LogP contribution is -2.33. The third-order valence-corrected chi connectivity index (χ3v) is 7.23. The van der Waals surface area contributed by atoms with Gasteiger partial charge < -0.3 is 31.0 Å². The Bertz CT molecular complexity index is 1380. The number of rotatable bonds is 9. The first-order valence-electron chi connectivity index (χ1n) is 13.4. The van der Waals surface area contributed by atoms with Crippen molar-refractivity contribution < 1.29 is 9.53 Å². The van der Waals surface area contributed by atoms with Gasteiger partial charge in [-0.2, -0.15) is 0 Å². The lowest BCUT2D eigenvalue weighted by Gasteiger charge is -2.23. The quantitative estimate of drug-likeness (QED) is 0.332. The number of ether oxygens (including phenoxy) is 1. The normalized spacial score (nSPS) is 16.4. The predicted octanol–water partition coefficient (Wildman–Crippen LogP) is 4.11. The largest absolute Gasteiger partial charge is 0.495 e. The second-order valence-corrected chi connectivity index (χ2v) is 9.76. The fourth-order valence-electron chi connectivity index (χ4n) is 5.17. The highest BCUT2D eigenvalue weighted by Crippen LogP contribution is 2.34. The van der Waals surface area contributed by atoms with Gasteiger partial charge in [-0.1, -0.05) is 30.3 Å². The van der Waals surface area contributed by atoms with Crippen LogP contribution in [0.15, 0.2) is 54.7 Å². The number of nitrogens with zero attached hydrogens (tertiary/aromatic N) is 3. The average Bonchev–Trinajstić information content (AvgIpc) is 3.49. The maximum atomic E-state index is 12.7. The Morgan fingerprint density at radius 2 is 1.87 bits per heavy atom. The van der Waals surface area contributed by atoms with E-state index in [0.29, 0.717) is 48.0 Å². The van der Waals surface area contributed by atoms with Gasteiger partial charge in [-0.05, 0) is 68.1 Å². The lowest BCUT2D eigenvalue weighted by atomic mass is 9.87. The number of methoxy groups -OCH3 is 1. The van der Waals surface area contributed by atoms with Gasteiger partial charge in [0.05, 0.1) is 24.2 Å². The number of amides is 1. The molecule has 1 aliphatic carbocycles. The van der Waals surface area contributed by atoms with Crippen molar-refractivity contribution in [2.24, 2.45) is 0 Å². The summed E-state index contributed by atoms with van der Waals surface area (Å²) in [5.41, 5.74) is 6.11. The second kappa shape index (κ2) is 12.1. The number of benzene rings is 2. The standard InChI is InChI=1S/C30H35N7O2/c1-32-27(20-8-4-3-5-9-20)26-23(31)12-10-22-19-34-30(36-28(22)26)35-24-13-11-21(18-25(24)39-2)29(38)33-14-17-37-15-6-7-16-37/h3-5,8-9,11,13,18-19,31-32H,6-7,10,12,14-17H2,1-2H3,(H,33,38)(H,34,35,36)/b27-26+,31-23?. The highest BCUT2D eigenvalue weighted by atomic mass is 16.5. The van der Waals surface area contributed by atoms with Crippen molar-refractivity contribution in [3.05, 3.63) is 77.1 Å². The van der Waals surface area contributed by atoms with E-state index >= 15 is 0 Å². The van der Waals surface area contributed by atoms with E-state index in [9.17, 15) is 4.79 Å². The summed E-state index contributed by atoms with van der Waals surface area (Å²) < 4.78 is 5.60. The number of hydrogen-bond donors (Lipinski definition) is 4. The van der Waals surface area contributed by atoms with Gasteiger partial charge in [0.2, 0.25) is 5.95 Å². The molecule has 0 bridgehead atoms. The predicted molar refractivity (Wildman–Crippen MR) is 155 cm³/mol. The molecule has 0 radical (unpaired) electrons. The highest BCUT2D eigenvalue weighted by Gasteiger charge is 2.25. The van der Waals surface area contributed by atoms with Gasteiger partial charge in [0, 0.05) is 43.2 Å². The SMILES string of the molecule is CN/C(=C1\C(=N)CCc2cnc(Nc3ccc(C(=O)NCCN4CCCC4)cc3OC)nc21)c1ccccc1. The third kappa shape index (κ3) is 5.93. The Hall–Kier alpha value is -4.24. The van der Waals surface area contributed by atoms with Crippen molar-refractivity contribution in [2.45, 2.75) is 25.7 Å². The first kappa shape index (κ1) is 26.4. The molecule has 2 aliphatic rings. The number of carbonyl (C=O) groups excluding carboxylic acids is 1. The highest BCUT2D eigenvalue weighted by molar-refractivity contribution is 6.29. The second-order valence-electron chi connectivity index (χ2n) is 9.76. The van der Waals surface area contributed by atoms with Crippen molar-refractivity contribution in [1.82, 2.24) is 25.5 Å². The van der Waals surface area contributed by atoms with Gasteiger partial charge in [-0.25, -0.2) is 9.97 Å². The molecular weight excluding hydrogens is 490 g/mol. The first-order valence-corrected chi connectivity index (χ1v) is 13.4. The Morgan fingerprint density at radius 1 is 1.08 bits per heavy atom. The van der Waals surface area contributed by atoms with Gasteiger partial charge in [0.15, 0.2) is 0 Å². The van der Waals surface area contributed by atoms with Gasteiger partial charge in [-0.15, -0.1) is 0 Å². The Balaban J connectivity index is 1.37. The van der Waals surface area contributed by atoms with Crippen LogP contribution in [0.2, 0.25) is 0 Å². The molecule has 1 aliphatic heterocycles. The molecule has 202 valence electrons. The van der Waals surface area contributed by atoms with Gasteiger partial charge in [0.1, 0.15) is 5.75 Å². The van der Waals surface area contributed by atoms with Crippen LogP contribution < -0.4 is 20.7 Å². The van der Waals surface area contributed by atoms with E-state index in [-0.39, 0.29) is 5.91 Å². The minimum atomic E-state index is -0.127. The number of aromatic nitrogens is 2. The molecular formula is C30H35N7O2. The fourth-order valence-corrected chi connectivity index (χ4v) is 5.17. The molecule has 39 heavy (non-hydrogen) atoms. The summed E-state index contributed by atoms with van der Waals surface area (Å²) in [6.07, 6.45) is 5.64. The zero-order chi connectivity index (χ0) is 27.2. The van der Waals surface area contributed by atoms with Crippen LogP contribution in [0.4, 0.5) is 11.6 Å². The lowest BCUT2D eigenvalue weighted by molar-refractivity contribution is 0.0949. The van der Waals surface area contributed by atoms with Crippen molar-refractivity contribution in [1.29, 1.82) is 5.41 Å². The molecule has 0 saturated carbocycles. The van der Waals surface area contributed by atoms with E-state index in [1.54, 1.807) is 25.3 Å². The van der Waals surface area contributed by atoms with Crippen LogP contribution in [0.1, 0.15) is 46.4 Å². The fraction of sp³-hybridized carbons (Fsp3) is 0.333. The minimum absolute atomic E-state index is 0.127. The van der Waals surface area contributed by atoms with Crippen molar-refractivity contribution in [2.75, 3.05) is 45.7 Å². The summed E-state index contributed by atoms with van der Waals surface area (Å²) >= 11 is 0. The van der Waals surface area contributed by atoms with Crippen LogP contribution in [0, 0.1) is 5.41 Å². The number of aryl methyl sites for hydroxylation is 1. The zero-order valence-electron chi connectivity index (χ0n) is 22.5. The van der Waals surface area contributed by atoms with E-state index in [4.69, 9.17) is 15.1 Å². The topological polar surface area (TPSA) is 115 Å². The number of hydrogen-bond acceptors (Lipinski definition) is 8. The number of likely N-dealkylation sites (tertiary alicyclic amines) is 1. The summed E-state index contributed by atoms with van der Waals surface area (Å²) in [5.74, 6) is 0.788. The molecule has 0 atom stereocenters. The van der Waals surface area contributed by atoms with Crippen molar-refractivity contribution in [3.63, 3.8) is 0 Å². The summed E-state index contributed by atoms with van der Waals surface area (Å²) in [6, 6.07) is 15.3.